The van der Waals surface area contributed by atoms with E-state index in [2.05, 4.69) is 4.98 Å². The van der Waals surface area contributed by atoms with Crippen LogP contribution >= 0.6 is 0 Å². The van der Waals surface area contributed by atoms with Crippen molar-refractivity contribution in [2.45, 2.75) is 13.3 Å². The van der Waals surface area contributed by atoms with Gasteiger partial charge in [-0.05, 0) is 17.5 Å². The van der Waals surface area contributed by atoms with Gasteiger partial charge in [0.1, 0.15) is 5.82 Å². The second-order valence-corrected chi connectivity index (χ2v) is 3.45. The summed E-state index contributed by atoms with van der Waals surface area (Å²) >= 11 is 0. The first-order valence-corrected chi connectivity index (χ1v) is 4.89. The van der Waals surface area contributed by atoms with E-state index in [-0.39, 0.29) is 5.78 Å². The number of carbonyl (C=O) groups is 1. The molecule has 76 valence electrons. The lowest BCUT2D eigenvalue weighted by atomic mass is 10.0. The molecule has 2 aromatic rings. The maximum absolute atomic E-state index is 11.5. The Morgan fingerprint density at radius 2 is 2.13 bits per heavy atom. The van der Waals surface area contributed by atoms with Crippen molar-refractivity contribution in [2.75, 3.05) is 5.73 Å². The molecule has 0 spiro atoms. The Balaban J connectivity index is 2.59. The van der Waals surface area contributed by atoms with Gasteiger partial charge in [0.25, 0.3) is 0 Å². The smallest absolute Gasteiger partial charge is 0.162 e. The maximum Gasteiger partial charge on any atom is 0.162 e. The highest BCUT2D eigenvalue weighted by Gasteiger charge is 2.04. The van der Waals surface area contributed by atoms with E-state index in [1.165, 1.54) is 0 Å². The molecular weight excluding hydrogens is 188 g/mol. The molecule has 0 aliphatic carbocycles. The van der Waals surface area contributed by atoms with Crippen molar-refractivity contribution in [3.8, 4) is 0 Å². The summed E-state index contributed by atoms with van der Waals surface area (Å²) in [5, 5.41) is 1.96. The van der Waals surface area contributed by atoms with Crippen molar-refractivity contribution in [1.82, 2.24) is 4.98 Å². The Kier molecular flexibility index (Phi) is 2.37. The summed E-state index contributed by atoms with van der Waals surface area (Å²) in [5.41, 5.74) is 6.32. The number of carbonyl (C=O) groups excluding carboxylic acids is 1. The highest BCUT2D eigenvalue weighted by molar-refractivity contribution is 5.99. The van der Waals surface area contributed by atoms with Crippen LogP contribution in [0.5, 0.6) is 0 Å². The molecule has 0 aliphatic heterocycles. The topological polar surface area (TPSA) is 56.0 Å². The highest BCUT2D eigenvalue weighted by Crippen LogP contribution is 2.17. The summed E-state index contributed by atoms with van der Waals surface area (Å²) in [4.78, 5) is 15.5. The zero-order valence-corrected chi connectivity index (χ0v) is 8.53. The first kappa shape index (κ1) is 9.65. The quantitative estimate of drug-likeness (QED) is 0.757. The molecule has 0 fully saturated rings. The number of ketones is 1. The molecule has 3 nitrogen and oxygen atoms in total. The van der Waals surface area contributed by atoms with Crippen LogP contribution in [0, 0.1) is 0 Å². The van der Waals surface area contributed by atoms with Crippen molar-refractivity contribution < 1.29 is 4.79 Å². The van der Waals surface area contributed by atoms with Crippen LogP contribution in [-0.2, 0) is 0 Å². The second-order valence-electron chi connectivity index (χ2n) is 3.45. The Morgan fingerprint density at radius 1 is 1.33 bits per heavy atom. The van der Waals surface area contributed by atoms with Gasteiger partial charge in [0.15, 0.2) is 5.78 Å². The molecule has 2 rings (SSSR count). The Hall–Kier alpha value is -1.90. The van der Waals surface area contributed by atoms with Crippen molar-refractivity contribution >= 4 is 22.4 Å². The van der Waals surface area contributed by atoms with Crippen LogP contribution < -0.4 is 5.73 Å². The SMILES string of the molecule is CCC(=O)c1ccc2cnc(N)cc2c1. The van der Waals surface area contributed by atoms with Gasteiger partial charge >= 0.3 is 0 Å². The van der Waals surface area contributed by atoms with Gasteiger partial charge in [0, 0.05) is 23.6 Å². The standard InChI is InChI=1S/C12H12N2O/c1-2-11(15)8-3-4-9-7-14-12(13)6-10(9)5-8/h3-7H,2H2,1H3,(H2,13,14). The number of hydrogen-bond donors (Lipinski definition) is 1. The average molecular weight is 200 g/mol. The summed E-state index contributed by atoms with van der Waals surface area (Å²) in [6, 6.07) is 7.36. The molecule has 0 bridgehead atoms. The molecule has 1 aromatic carbocycles. The van der Waals surface area contributed by atoms with Crippen LogP contribution in [0.4, 0.5) is 5.82 Å². The van der Waals surface area contributed by atoms with Gasteiger partial charge in [-0.15, -0.1) is 0 Å². The van der Waals surface area contributed by atoms with Crippen molar-refractivity contribution in [2.24, 2.45) is 0 Å². The van der Waals surface area contributed by atoms with E-state index in [1.54, 1.807) is 12.3 Å². The molecule has 1 heterocycles. The minimum atomic E-state index is 0.146. The predicted molar refractivity (Wildman–Crippen MR) is 60.8 cm³/mol. The van der Waals surface area contributed by atoms with E-state index in [0.29, 0.717) is 12.2 Å². The molecule has 0 atom stereocenters. The summed E-state index contributed by atoms with van der Waals surface area (Å²) in [6.45, 7) is 1.85. The number of hydrogen-bond acceptors (Lipinski definition) is 3. The predicted octanol–water partition coefficient (Wildman–Crippen LogP) is 2.41. The van der Waals surface area contributed by atoms with Gasteiger partial charge in [0.05, 0.1) is 0 Å². The monoisotopic (exact) mass is 200 g/mol. The number of pyridine rings is 1. The van der Waals surface area contributed by atoms with E-state index in [4.69, 9.17) is 5.73 Å². The van der Waals surface area contributed by atoms with E-state index >= 15 is 0 Å². The molecule has 0 saturated heterocycles. The zero-order chi connectivity index (χ0) is 10.8. The van der Waals surface area contributed by atoms with Gasteiger partial charge in [-0.25, -0.2) is 4.98 Å². The van der Waals surface area contributed by atoms with E-state index < -0.39 is 0 Å². The third kappa shape index (κ3) is 1.81. The van der Waals surface area contributed by atoms with Crippen molar-refractivity contribution in [1.29, 1.82) is 0 Å². The minimum Gasteiger partial charge on any atom is -0.384 e. The van der Waals surface area contributed by atoms with Gasteiger partial charge in [-0.2, -0.15) is 0 Å². The number of nitrogens with zero attached hydrogens (tertiary/aromatic N) is 1. The summed E-state index contributed by atoms with van der Waals surface area (Å²) in [5.74, 6) is 0.621. The molecule has 0 saturated carbocycles. The Bertz CT molecular complexity index is 520. The first-order chi connectivity index (χ1) is 7.20. The van der Waals surface area contributed by atoms with Crippen LogP contribution in [0.25, 0.3) is 10.8 Å². The van der Waals surface area contributed by atoms with E-state index in [0.717, 1.165) is 16.3 Å². The number of fused-ring (bicyclic) bond motifs is 1. The van der Waals surface area contributed by atoms with Gasteiger partial charge < -0.3 is 5.73 Å². The molecule has 1 aromatic heterocycles. The number of Topliss-reactive ketones (excluding diaryl/α,β-unsaturated/α-hetero) is 1. The fourth-order valence-corrected chi connectivity index (χ4v) is 1.54. The lowest BCUT2D eigenvalue weighted by Crippen LogP contribution is -1.96. The second kappa shape index (κ2) is 3.69. The molecule has 2 N–H and O–H groups in total. The van der Waals surface area contributed by atoms with Crippen molar-refractivity contribution in [3.05, 3.63) is 36.0 Å². The minimum absolute atomic E-state index is 0.146. The normalized spacial score (nSPS) is 10.5. The fraction of sp³-hybridized carbons (Fsp3) is 0.167. The summed E-state index contributed by atoms with van der Waals surface area (Å²) in [7, 11) is 0. The van der Waals surface area contributed by atoms with Crippen LogP contribution in [0.2, 0.25) is 0 Å². The summed E-state index contributed by atoms with van der Waals surface area (Å²) in [6.07, 6.45) is 2.23. The largest absolute Gasteiger partial charge is 0.384 e. The Labute approximate surface area is 87.9 Å². The fourth-order valence-electron chi connectivity index (χ4n) is 1.54. The number of aromatic nitrogens is 1. The number of anilines is 1. The molecular formula is C12H12N2O. The lowest BCUT2D eigenvalue weighted by Gasteiger charge is -2.02. The number of rotatable bonds is 2. The van der Waals surface area contributed by atoms with Crippen LogP contribution in [0.3, 0.4) is 0 Å². The van der Waals surface area contributed by atoms with Crippen LogP contribution in [0.1, 0.15) is 23.7 Å². The van der Waals surface area contributed by atoms with Gasteiger partial charge in [-0.1, -0.05) is 19.1 Å². The molecule has 0 amide bonds. The average Bonchev–Trinajstić information content (AvgIpc) is 2.27. The van der Waals surface area contributed by atoms with Gasteiger partial charge in [0.2, 0.25) is 0 Å². The third-order valence-corrected chi connectivity index (χ3v) is 2.39. The van der Waals surface area contributed by atoms with Crippen LogP contribution in [-0.4, -0.2) is 10.8 Å². The molecule has 15 heavy (non-hydrogen) atoms. The molecule has 0 unspecified atom stereocenters. The number of nitrogen functional groups attached to an aromatic ring is 1. The zero-order valence-electron chi connectivity index (χ0n) is 8.53. The first-order valence-electron chi connectivity index (χ1n) is 4.89. The van der Waals surface area contributed by atoms with E-state index in [9.17, 15) is 4.79 Å². The number of benzene rings is 1. The Morgan fingerprint density at radius 3 is 2.87 bits per heavy atom. The summed E-state index contributed by atoms with van der Waals surface area (Å²) < 4.78 is 0. The maximum atomic E-state index is 11.5. The van der Waals surface area contributed by atoms with E-state index in [1.807, 2.05) is 25.1 Å². The van der Waals surface area contributed by atoms with Crippen molar-refractivity contribution in [3.63, 3.8) is 0 Å². The third-order valence-electron chi connectivity index (χ3n) is 2.39. The molecule has 3 heteroatoms. The van der Waals surface area contributed by atoms with Gasteiger partial charge in [-0.3, -0.25) is 4.79 Å². The number of nitrogens with two attached hydrogens (primary N) is 1. The molecule has 0 aliphatic rings. The molecule has 0 radical (unpaired) electrons. The van der Waals surface area contributed by atoms with Crippen LogP contribution in [0.15, 0.2) is 30.5 Å². The highest BCUT2D eigenvalue weighted by atomic mass is 16.1. The lowest BCUT2D eigenvalue weighted by molar-refractivity contribution is 0.0988.